The van der Waals surface area contributed by atoms with Crippen LogP contribution in [0.5, 0.6) is 0 Å². The molecule has 1 aliphatic rings. The van der Waals surface area contributed by atoms with Crippen molar-refractivity contribution in [3.63, 3.8) is 0 Å². The van der Waals surface area contributed by atoms with Gasteiger partial charge in [-0.3, -0.25) is 9.78 Å². The smallest absolute Gasteiger partial charge is 0.254 e. The number of rotatable bonds is 2. The Bertz CT molecular complexity index is 566. The number of hydrogen-bond donors (Lipinski definition) is 0. The van der Waals surface area contributed by atoms with Gasteiger partial charge in [0.25, 0.3) is 5.91 Å². The number of amides is 1. The van der Waals surface area contributed by atoms with E-state index in [0.717, 1.165) is 24.1 Å². The fourth-order valence-electron chi connectivity index (χ4n) is 2.32. The molecule has 3 nitrogen and oxygen atoms in total. The highest BCUT2D eigenvalue weighted by atomic mass is 16.2. The first kappa shape index (κ1) is 11.0. The van der Waals surface area contributed by atoms with Crippen molar-refractivity contribution in [1.82, 2.24) is 9.88 Å². The summed E-state index contributed by atoms with van der Waals surface area (Å²) in [5.41, 5.74) is 3.03. The maximum Gasteiger partial charge on any atom is 0.254 e. The van der Waals surface area contributed by atoms with Gasteiger partial charge in [0.05, 0.1) is 0 Å². The zero-order chi connectivity index (χ0) is 12.4. The van der Waals surface area contributed by atoms with Gasteiger partial charge in [0.1, 0.15) is 0 Å². The van der Waals surface area contributed by atoms with Crippen molar-refractivity contribution in [2.75, 3.05) is 6.54 Å². The standard InChI is InChI=1S/C15H14N2O/c18-15-14-6-8-16-10-13(14)7-9-17(15)11-12-4-2-1-3-5-12/h1-6,8,10H,7,9,11H2. The molecule has 2 aromatic rings. The molecule has 0 saturated carbocycles. The minimum Gasteiger partial charge on any atom is -0.334 e. The molecule has 2 heterocycles. The summed E-state index contributed by atoms with van der Waals surface area (Å²) in [6.07, 6.45) is 4.37. The lowest BCUT2D eigenvalue weighted by Crippen LogP contribution is -2.37. The number of aromatic nitrogens is 1. The predicted molar refractivity (Wildman–Crippen MR) is 69.1 cm³/mol. The summed E-state index contributed by atoms with van der Waals surface area (Å²) in [4.78, 5) is 18.3. The number of carbonyl (C=O) groups is 1. The lowest BCUT2D eigenvalue weighted by molar-refractivity contribution is 0.0726. The lowest BCUT2D eigenvalue weighted by Gasteiger charge is -2.28. The summed E-state index contributed by atoms with van der Waals surface area (Å²) >= 11 is 0. The molecule has 90 valence electrons. The maximum absolute atomic E-state index is 12.3. The van der Waals surface area contributed by atoms with Crippen LogP contribution in [0.3, 0.4) is 0 Å². The molecule has 1 aromatic heterocycles. The summed E-state index contributed by atoms with van der Waals surface area (Å²) in [7, 11) is 0. The molecule has 0 spiro atoms. The second-order valence-corrected chi connectivity index (χ2v) is 4.50. The molecule has 0 fully saturated rings. The predicted octanol–water partition coefficient (Wildman–Crippen LogP) is 2.28. The van der Waals surface area contributed by atoms with Crippen LogP contribution in [0.15, 0.2) is 48.8 Å². The SMILES string of the molecule is O=C1c2ccncc2CCN1Cc1ccccc1. The van der Waals surface area contributed by atoms with Crippen LogP contribution in [0.25, 0.3) is 0 Å². The van der Waals surface area contributed by atoms with Gasteiger partial charge in [-0.25, -0.2) is 0 Å². The Morgan fingerprint density at radius 2 is 2.00 bits per heavy atom. The fourth-order valence-corrected chi connectivity index (χ4v) is 2.32. The highest BCUT2D eigenvalue weighted by Gasteiger charge is 2.23. The van der Waals surface area contributed by atoms with E-state index in [-0.39, 0.29) is 5.91 Å². The Morgan fingerprint density at radius 3 is 2.83 bits per heavy atom. The van der Waals surface area contributed by atoms with E-state index in [1.807, 2.05) is 29.2 Å². The van der Waals surface area contributed by atoms with E-state index in [9.17, 15) is 4.79 Å². The van der Waals surface area contributed by atoms with Gasteiger partial charge in [0, 0.05) is 31.0 Å². The molecule has 18 heavy (non-hydrogen) atoms. The van der Waals surface area contributed by atoms with Gasteiger partial charge in [-0.2, -0.15) is 0 Å². The van der Waals surface area contributed by atoms with Crippen LogP contribution in [0.4, 0.5) is 0 Å². The molecule has 0 aliphatic carbocycles. The quantitative estimate of drug-likeness (QED) is 0.804. The summed E-state index contributed by atoms with van der Waals surface area (Å²) in [6.45, 7) is 1.45. The topological polar surface area (TPSA) is 33.2 Å². The van der Waals surface area contributed by atoms with E-state index in [1.54, 1.807) is 12.4 Å². The molecule has 0 N–H and O–H groups in total. The van der Waals surface area contributed by atoms with Crippen molar-refractivity contribution in [3.05, 3.63) is 65.5 Å². The van der Waals surface area contributed by atoms with Crippen LogP contribution in [0.2, 0.25) is 0 Å². The average Bonchev–Trinajstić information content (AvgIpc) is 2.43. The van der Waals surface area contributed by atoms with E-state index >= 15 is 0 Å². The Labute approximate surface area is 106 Å². The molecule has 0 unspecified atom stereocenters. The third-order valence-electron chi connectivity index (χ3n) is 3.29. The zero-order valence-corrected chi connectivity index (χ0v) is 10.0. The van der Waals surface area contributed by atoms with Crippen molar-refractivity contribution in [1.29, 1.82) is 0 Å². The van der Waals surface area contributed by atoms with E-state index in [1.165, 1.54) is 5.56 Å². The fraction of sp³-hybridized carbons (Fsp3) is 0.200. The summed E-state index contributed by atoms with van der Waals surface area (Å²) in [6, 6.07) is 11.9. The molecule has 1 aliphatic heterocycles. The first-order chi connectivity index (χ1) is 8.84. The Balaban J connectivity index is 1.83. The van der Waals surface area contributed by atoms with Gasteiger partial charge in [-0.05, 0) is 23.6 Å². The van der Waals surface area contributed by atoms with Crippen molar-refractivity contribution in [3.8, 4) is 0 Å². The first-order valence-electron chi connectivity index (χ1n) is 6.11. The Hall–Kier alpha value is -2.16. The van der Waals surface area contributed by atoms with Gasteiger partial charge < -0.3 is 4.90 Å². The van der Waals surface area contributed by atoms with E-state index in [0.29, 0.717) is 6.54 Å². The van der Waals surface area contributed by atoms with E-state index in [4.69, 9.17) is 0 Å². The number of hydrogen-bond acceptors (Lipinski definition) is 2. The molecule has 3 heteroatoms. The molecule has 0 bridgehead atoms. The van der Waals surface area contributed by atoms with Crippen molar-refractivity contribution in [2.45, 2.75) is 13.0 Å². The summed E-state index contributed by atoms with van der Waals surface area (Å²) in [5, 5.41) is 0. The van der Waals surface area contributed by atoms with Gasteiger partial charge in [-0.15, -0.1) is 0 Å². The number of nitrogens with zero attached hydrogens (tertiary/aromatic N) is 2. The third-order valence-corrected chi connectivity index (χ3v) is 3.29. The number of carbonyl (C=O) groups excluding carboxylic acids is 1. The zero-order valence-electron chi connectivity index (χ0n) is 10.0. The van der Waals surface area contributed by atoms with Gasteiger partial charge in [-0.1, -0.05) is 30.3 Å². The minimum absolute atomic E-state index is 0.113. The average molecular weight is 238 g/mol. The van der Waals surface area contributed by atoms with Crippen LogP contribution in [-0.2, 0) is 13.0 Å². The van der Waals surface area contributed by atoms with Crippen molar-refractivity contribution >= 4 is 5.91 Å². The number of fused-ring (bicyclic) bond motifs is 1. The molecule has 1 aromatic carbocycles. The second kappa shape index (κ2) is 4.61. The monoisotopic (exact) mass is 238 g/mol. The molecular weight excluding hydrogens is 224 g/mol. The van der Waals surface area contributed by atoms with Gasteiger partial charge >= 0.3 is 0 Å². The lowest BCUT2D eigenvalue weighted by atomic mass is 10.0. The van der Waals surface area contributed by atoms with Crippen LogP contribution >= 0.6 is 0 Å². The maximum atomic E-state index is 12.3. The molecule has 3 rings (SSSR count). The largest absolute Gasteiger partial charge is 0.334 e. The van der Waals surface area contributed by atoms with Crippen LogP contribution in [0.1, 0.15) is 21.5 Å². The molecule has 0 saturated heterocycles. The minimum atomic E-state index is 0.113. The van der Waals surface area contributed by atoms with Crippen LogP contribution in [0, 0.1) is 0 Å². The molecule has 0 radical (unpaired) electrons. The third kappa shape index (κ3) is 1.99. The van der Waals surface area contributed by atoms with Crippen LogP contribution < -0.4 is 0 Å². The number of pyridine rings is 1. The highest BCUT2D eigenvalue weighted by Crippen LogP contribution is 2.19. The summed E-state index contributed by atoms with van der Waals surface area (Å²) < 4.78 is 0. The van der Waals surface area contributed by atoms with E-state index < -0.39 is 0 Å². The van der Waals surface area contributed by atoms with Gasteiger partial charge in [0.2, 0.25) is 0 Å². The Morgan fingerprint density at radius 1 is 1.17 bits per heavy atom. The molecule has 1 amide bonds. The Kier molecular flexibility index (Phi) is 2.81. The highest BCUT2D eigenvalue weighted by molar-refractivity contribution is 5.96. The number of benzene rings is 1. The second-order valence-electron chi connectivity index (χ2n) is 4.50. The van der Waals surface area contributed by atoms with Crippen LogP contribution in [-0.4, -0.2) is 22.3 Å². The molecular formula is C15H14N2O. The van der Waals surface area contributed by atoms with Gasteiger partial charge in [0.15, 0.2) is 0 Å². The van der Waals surface area contributed by atoms with Crippen molar-refractivity contribution < 1.29 is 4.79 Å². The summed E-state index contributed by atoms with van der Waals surface area (Å²) in [5.74, 6) is 0.113. The first-order valence-corrected chi connectivity index (χ1v) is 6.11. The normalized spacial score (nSPS) is 14.4. The van der Waals surface area contributed by atoms with Crippen molar-refractivity contribution in [2.24, 2.45) is 0 Å². The molecule has 0 atom stereocenters. The van der Waals surface area contributed by atoms with E-state index in [2.05, 4.69) is 17.1 Å².